The van der Waals surface area contributed by atoms with E-state index in [0.717, 1.165) is 16.7 Å². The predicted molar refractivity (Wildman–Crippen MR) is 128 cm³/mol. The van der Waals surface area contributed by atoms with Crippen molar-refractivity contribution in [1.29, 1.82) is 0 Å². The van der Waals surface area contributed by atoms with E-state index in [0.29, 0.717) is 16.1 Å². The number of halogens is 1. The van der Waals surface area contributed by atoms with E-state index in [1.165, 1.54) is 4.31 Å². The van der Waals surface area contributed by atoms with E-state index in [1.54, 1.807) is 26.0 Å². The van der Waals surface area contributed by atoms with Crippen LogP contribution in [0, 0.1) is 20.8 Å². The van der Waals surface area contributed by atoms with Crippen molar-refractivity contribution in [1.82, 2.24) is 9.62 Å². The first-order valence-electron chi connectivity index (χ1n) is 10.3. The van der Waals surface area contributed by atoms with Crippen LogP contribution in [0.25, 0.3) is 0 Å². The van der Waals surface area contributed by atoms with Gasteiger partial charge < -0.3 is 5.32 Å². The lowest BCUT2D eigenvalue weighted by atomic mass is 10.1. The molecule has 3 rings (SSSR count). The third-order valence-corrected chi connectivity index (χ3v) is 7.48. The van der Waals surface area contributed by atoms with E-state index in [2.05, 4.69) is 5.32 Å². The summed E-state index contributed by atoms with van der Waals surface area (Å²) in [6.07, 6.45) is 0. The maximum absolute atomic E-state index is 13.7. The normalized spacial score (nSPS) is 11.5. The van der Waals surface area contributed by atoms with Crippen molar-refractivity contribution in [2.24, 2.45) is 0 Å². The molecule has 168 valence electrons. The van der Waals surface area contributed by atoms with Crippen LogP contribution in [0.3, 0.4) is 0 Å². The van der Waals surface area contributed by atoms with Crippen LogP contribution in [-0.4, -0.2) is 25.2 Å². The number of carbonyl (C=O) groups is 1. The summed E-state index contributed by atoms with van der Waals surface area (Å²) in [5, 5.41) is 3.42. The topological polar surface area (TPSA) is 66.5 Å². The average molecular weight is 471 g/mol. The van der Waals surface area contributed by atoms with E-state index < -0.39 is 10.0 Å². The summed E-state index contributed by atoms with van der Waals surface area (Å²) in [7, 11) is -3.91. The van der Waals surface area contributed by atoms with Gasteiger partial charge in [0.25, 0.3) is 0 Å². The highest BCUT2D eigenvalue weighted by molar-refractivity contribution is 7.89. The van der Waals surface area contributed by atoms with E-state index in [9.17, 15) is 13.2 Å². The molecular formula is C25H27ClN2O3S. The van der Waals surface area contributed by atoms with Crippen molar-refractivity contribution in [2.75, 3.05) is 6.54 Å². The molecule has 0 atom stereocenters. The predicted octanol–water partition coefficient (Wildman–Crippen LogP) is 4.77. The van der Waals surface area contributed by atoms with Gasteiger partial charge in [-0.15, -0.1) is 0 Å². The molecule has 1 N–H and O–H groups in total. The van der Waals surface area contributed by atoms with Crippen LogP contribution in [-0.2, 0) is 27.9 Å². The zero-order valence-electron chi connectivity index (χ0n) is 18.4. The molecule has 3 aromatic rings. The fraction of sp³-hybridized carbons (Fsp3) is 0.240. The van der Waals surface area contributed by atoms with Crippen LogP contribution in [0.1, 0.15) is 27.8 Å². The lowest BCUT2D eigenvalue weighted by molar-refractivity contribution is -0.121. The minimum Gasteiger partial charge on any atom is -0.351 e. The third-order valence-electron chi connectivity index (χ3n) is 5.13. The summed E-state index contributed by atoms with van der Waals surface area (Å²) in [6, 6.07) is 20.1. The molecule has 32 heavy (non-hydrogen) atoms. The number of carbonyl (C=O) groups excluding carboxylic acids is 1. The number of benzene rings is 3. The highest BCUT2D eigenvalue weighted by Gasteiger charge is 2.29. The number of rotatable bonds is 8. The van der Waals surface area contributed by atoms with E-state index in [-0.39, 0.29) is 30.4 Å². The first-order chi connectivity index (χ1) is 15.2. The fourth-order valence-corrected chi connectivity index (χ4v) is 5.66. The Morgan fingerprint density at radius 3 is 2.09 bits per heavy atom. The molecule has 0 saturated carbocycles. The Balaban J connectivity index is 1.86. The first-order valence-corrected chi connectivity index (χ1v) is 12.1. The average Bonchev–Trinajstić information content (AvgIpc) is 2.72. The van der Waals surface area contributed by atoms with Crippen LogP contribution in [0.15, 0.2) is 71.6 Å². The summed E-state index contributed by atoms with van der Waals surface area (Å²) >= 11 is 5.90. The number of hydrogen-bond donors (Lipinski definition) is 1. The van der Waals surface area contributed by atoms with Crippen LogP contribution >= 0.6 is 11.6 Å². The summed E-state index contributed by atoms with van der Waals surface area (Å²) in [4.78, 5) is 13.0. The molecular weight excluding hydrogens is 444 g/mol. The highest BCUT2D eigenvalue weighted by atomic mass is 35.5. The molecule has 0 unspecified atom stereocenters. The van der Waals surface area contributed by atoms with Gasteiger partial charge in [-0.25, -0.2) is 8.42 Å². The van der Waals surface area contributed by atoms with Gasteiger partial charge in [0.05, 0.1) is 11.4 Å². The van der Waals surface area contributed by atoms with Crippen LogP contribution in [0.4, 0.5) is 0 Å². The molecule has 0 aliphatic carbocycles. The minimum atomic E-state index is -3.91. The fourth-order valence-electron chi connectivity index (χ4n) is 3.73. The van der Waals surface area contributed by atoms with Gasteiger partial charge in [0.15, 0.2) is 0 Å². The van der Waals surface area contributed by atoms with E-state index in [1.807, 2.05) is 61.5 Å². The molecule has 0 aromatic heterocycles. The van der Waals surface area contributed by atoms with Gasteiger partial charge in [-0.3, -0.25) is 4.79 Å². The molecule has 7 heteroatoms. The Kier molecular flexibility index (Phi) is 7.72. The van der Waals surface area contributed by atoms with E-state index in [4.69, 9.17) is 11.6 Å². The van der Waals surface area contributed by atoms with E-state index >= 15 is 0 Å². The van der Waals surface area contributed by atoms with Gasteiger partial charge in [-0.2, -0.15) is 4.31 Å². The quantitative estimate of drug-likeness (QED) is 0.515. The summed E-state index contributed by atoms with van der Waals surface area (Å²) in [5.74, 6) is -0.373. The van der Waals surface area contributed by atoms with Crippen LogP contribution in [0.5, 0.6) is 0 Å². The lowest BCUT2D eigenvalue weighted by Gasteiger charge is -2.24. The second-order valence-corrected chi connectivity index (χ2v) is 10.2. The van der Waals surface area contributed by atoms with Crippen molar-refractivity contribution >= 4 is 27.5 Å². The highest BCUT2D eigenvalue weighted by Crippen LogP contribution is 2.26. The van der Waals surface area contributed by atoms with Gasteiger partial charge in [-0.1, -0.05) is 71.8 Å². The van der Waals surface area contributed by atoms with Crippen molar-refractivity contribution < 1.29 is 13.2 Å². The van der Waals surface area contributed by atoms with Crippen molar-refractivity contribution in [2.45, 2.75) is 38.8 Å². The van der Waals surface area contributed by atoms with Gasteiger partial charge in [0.1, 0.15) is 0 Å². The van der Waals surface area contributed by atoms with Crippen LogP contribution < -0.4 is 5.32 Å². The summed E-state index contributed by atoms with van der Waals surface area (Å²) in [5.41, 5.74) is 4.02. The standard InChI is InChI=1S/C25H27ClN2O3S/c1-18-13-19(2)25(20(3)14-18)32(30,31)28(16-22-7-5-4-6-8-22)17-24(29)27-15-21-9-11-23(26)12-10-21/h4-14H,15-17H2,1-3H3,(H,27,29). The number of sulfonamides is 1. The Labute approximate surface area is 195 Å². The maximum atomic E-state index is 13.7. The Morgan fingerprint density at radius 2 is 1.50 bits per heavy atom. The second kappa shape index (κ2) is 10.3. The number of hydrogen-bond acceptors (Lipinski definition) is 3. The Hall–Kier alpha value is -2.67. The van der Waals surface area contributed by atoms with Gasteiger partial charge in [-0.05, 0) is 55.2 Å². The van der Waals surface area contributed by atoms with Crippen molar-refractivity contribution in [3.63, 3.8) is 0 Å². The number of nitrogens with zero attached hydrogens (tertiary/aromatic N) is 1. The maximum Gasteiger partial charge on any atom is 0.244 e. The molecule has 0 radical (unpaired) electrons. The third kappa shape index (κ3) is 5.97. The van der Waals surface area contributed by atoms with Gasteiger partial charge in [0.2, 0.25) is 15.9 Å². The van der Waals surface area contributed by atoms with Gasteiger partial charge >= 0.3 is 0 Å². The number of nitrogens with one attached hydrogen (secondary N) is 1. The summed E-state index contributed by atoms with van der Waals surface area (Å²) in [6.45, 7) is 5.62. The first kappa shape index (κ1) is 24.0. The molecule has 5 nitrogen and oxygen atoms in total. The molecule has 0 fully saturated rings. The van der Waals surface area contributed by atoms with Gasteiger partial charge in [0, 0.05) is 18.1 Å². The zero-order valence-corrected chi connectivity index (χ0v) is 20.0. The molecule has 0 saturated heterocycles. The largest absolute Gasteiger partial charge is 0.351 e. The molecule has 3 aromatic carbocycles. The molecule has 0 spiro atoms. The van der Waals surface area contributed by atoms with Crippen molar-refractivity contribution in [3.8, 4) is 0 Å². The number of amides is 1. The second-order valence-electron chi connectivity index (χ2n) is 7.89. The smallest absolute Gasteiger partial charge is 0.244 e. The monoisotopic (exact) mass is 470 g/mol. The zero-order chi connectivity index (χ0) is 23.3. The molecule has 0 aliphatic rings. The summed E-state index contributed by atoms with van der Waals surface area (Å²) < 4.78 is 28.6. The minimum absolute atomic E-state index is 0.101. The molecule has 0 aliphatic heterocycles. The Morgan fingerprint density at radius 1 is 0.906 bits per heavy atom. The lowest BCUT2D eigenvalue weighted by Crippen LogP contribution is -2.40. The molecule has 1 amide bonds. The molecule has 0 bridgehead atoms. The van der Waals surface area contributed by atoms with Crippen molar-refractivity contribution in [3.05, 3.63) is 99.6 Å². The SMILES string of the molecule is Cc1cc(C)c(S(=O)(=O)N(CC(=O)NCc2ccc(Cl)cc2)Cc2ccccc2)c(C)c1. The van der Waals surface area contributed by atoms with Crippen LogP contribution in [0.2, 0.25) is 5.02 Å². The Bertz CT molecular complexity index is 1170. The number of aryl methyl sites for hydroxylation is 3. The molecule has 0 heterocycles.